The van der Waals surface area contributed by atoms with Gasteiger partial charge in [0.25, 0.3) is 5.91 Å². The number of nitrogens with one attached hydrogen (secondary N) is 1. The molecule has 1 fully saturated rings. The van der Waals surface area contributed by atoms with Crippen LogP contribution in [0.3, 0.4) is 0 Å². The molecule has 4 rings (SSSR count). The molecule has 2 atom stereocenters. The number of anilines is 1. The number of nitrogens with zero attached hydrogens (tertiary/aromatic N) is 4. The van der Waals surface area contributed by atoms with E-state index in [2.05, 4.69) is 45.3 Å². The van der Waals surface area contributed by atoms with Crippen LogP contribution in [0.25, 0.3) is 11.0 Å². The second-order valence-corrected chi connectivity index (χ2v) is 9.64. The van der Waals surface area contributed by atoms with Crippen molar-refractivity contribution in [2.45, 2.75) is 52.0 Å². The van der Waals surface area contributed by atoms with Crippen LogP contribution < -0.4 is 10.4 Å². The lowest BCUT2D eigenvalue weighted by atomic mass is 10.0. The lowest BCUT2D eigenvalue weighted by Gasteiger charge is -2.46. The lowest BCUT2D eigenvalue weighted by Crippen LogP contribution is -2.59. The number of hydrogen-bond acceptors (Lipinski definition) is 5. The number of carbonyl (C=O) groups excluding carboxylic acids is 1. The van der Waals surface area contributed by atoms with Gasteiger partial charge in [-0.25, -0.2) is 14.9 Å². The van der Waals surface area contributed by atoms with Crippen molar-refractivity contribution in [1.82, 2.24) is 19.9 Å². The first-order valence-electron chi connectivity index (χ1n) is 11.3. The molecule has 1 aromatic carbocycles. The van der Waals surface area contributed by atoms with E-state index in [1.165, 1.54) is 0 Å². The maximum Gasteiger partial charge on any atom is 0.274 e. The highest BCUT2D eigenvalue weighted by atomic mass is 19.1. The van der Waals surface area contributed by atoms with Gasteiger partial charge in [-0.1, -0.05) is 12.1 Å². The Morgan fingerprint density at radius 1 is 1.15 bits per heavy atom. The Hall–Kier alpha value is -2.97. The standard InChI is InChI=1S/C25H32FN5O2/c1-17-13-30(14-18(2)31(17)16-25(3,4)26)22-9-11-27-23-21(22)10-12-29(23)15-19-5-7-20(8-6-19)24(32)28-33/h5-12,17-18,33H,13-16H2,1-4H3,(H,28,32). The minimum Gasteiger partial charge on any atom is -0.368 e. The fourth-order valence-corrected chi connectivity index (χ4v) is 4.80. The number of halogens is 1. The van der Waals surface area contributed by atoms with Crippen LogP contribution in [0.5, 0.6) is 0 Å². The molecule has 1 aliphatic rings. The molecule has 1 saturated heterocycles. The highest BCUT2D eigenvalue weighted by Gasteiger charge is 2.34. The van der Waals surface area contributed by atoms with Crippen LogP contribution in [0.2, 0.25) is 0 Å². The van der Waals surface area contributed by atoms with Gasteiger partial charge in [-0.2, -0.15) is 0 Å². The van der Waals surface area contributed by atoms with Crippen LogP contribution in [-0.4, -0.2) is 63.0 Å². The first-order chi connectivity index (χ1) is 15.7. The van der Waals surface area contributed by atoms with Crippen molar-refractivity contribution < 1.29 is 14.4 Å². The van der Waals surface area contributed by atoms with E-state index in [1.807, 2.05) is 24.5 Å². The average molecular weight is 454 g/mol. The molecule has 0 radical (unpaired) electrons. The largest absolute Gasteiger partial charge is 0.368 e. The van der Waals surface area contributed by atoms with Crippen molar-refractivity contribution in [2.75, 3.05) is 24.5 Å². The van der Waals surface area contributed by atoms with Crippen LogP contribution in [0.4, 0.5) is 10.1 Å². The van der Waals surface area contributed by atoms with Gasteiger partial charge in [-0.15, -0.1) is 0 Å². The first kappa shape index (κ1) is 23.2. The molecule has 3 aromatic rings. The van der Waals surface area contributed by atoms with Crippen LogP contribution in [0, 0.1) is 0 Å². The van der Waals surface area contributed by atoms with Crippen molar-refractivity contribution in [3.05, 3.63) is 59.9 Å². The van der Waals surface area contributed by atoms with Gasteiger partial charge >= 0.3 is 0 Å². The van der Waals surface area contributed by atoms with E-state index in [4.69, 9.17) is 5.21 Å². The summed E-state index contributed by atoms with van der Waals surface area (Å²) in [6.45, 7) is 10.3. The SMILES string of the molecule is CC1CN(c2ccnc3c2ccn3Cc2ccc(C(=O)NO)cc2)CC(C)N1CC(C)(C)F. The van der Waals surface area contributed by atoms with E-state index >= 15 is 0 Å². The van der Waals surface area contributed by atoms with E-state index in [9.17, 15) is 9.18 Å². The molecular formula is C25H32FN5O2. The molecule has 7 nitrogen and oxygen atoms in total. The molecule has 3 heterocycles. The molecule has 176 valence electrons. The van der Waals surface area contributed by atoms with E-state index in [0.29, 0.717) is 18.7 Å². The number of piperazine rings is 1. The van der Waals surface area contributed by atoms with E-state index in [1.54, 1.807) is 31.5 Å². The van der Waals surface area contributed by atoms with Crippen LogP contribution in [0.15, 0.2) is 48.8 Å². The number of aromatic nitrogens is 2. The van der Waals surface area contributed by atoms with Crippen molar-refractivity contribution >= 4 is 22.6 Å². The van der Waals surface area contributed by atoms with E-state index in [-0.39, 0.29) is 12.1 Å². The van der Waals surface area contributed by atoms with Crippen molar-refractivity contribution in [2.24, 2.45) is 0 Å². The first-order valence-corrected chi connectivity index (χ1v) is 11.3. The lowest BCUT2D eigenvalue weighted by molar-refractivity contribution is 0.0587. The van der Waals surface area contributed by atoms with Crippen molar-refractivity contribution in [1.29, 1.82) is 0 Å². The van der Waals surface area contributed by atoms with Gasteiger partial charge in [-0.05, 0) is 57.5 Å². The Kier molecular flexibility index (Phi) is 6.41. The Morgan fingerprint density at radius 3 is 2.42 bits per heavy atom. The maximum absolute atomic E-state index is 14.3. The third-order valence-electron chi connectivity index (χ3n) is 6.31. The average Bonchev–Trinajstić information content (AvgIpc) is 3.18. The van der Waals surface area contributed by atoms with Gasteiger partial charge in [0.15, 0.2) is 0 Å². The molecule has 2 N–H and O–H groups in total. The Labute approximate surface area is 193 Å². The van der Waals surface area contributed by atoms with Gasteiger partial charge in [0.05, 0.1) is 0 Å². The van der Waals surface area contributed by atoms with Gasteiger partial charge < -0.3 is 9.47 Å². The number of carbonyl (C=O) groups is 1. The number of benzene rings is 1. The number of amides is 1. The molecule has 2 aromatic heterocycles. The summed E-state index contributed by atoms with van der Waals surface area (Å²) in [6, 6.07) is 11.7. The summed E-state index contributed by atoms with van der Waals surface area (Å²) >= 11 is 0. The highest BCUT2D eigenvalue weighted by Crippen LogP contribution is 2.30. The zero-order valence-electron chi connectivity index (χ0n) is 19.6. The Balaban J connectivity index is 1.55. The number of pyridine rings is 1. The normalized spacial score (nSPS) is 19.8. The van der Waals surface area contributed by atoms with Crippen LogP contribution in [0.1, 0.15) is 43.6 Å². The summed E-state index contributed by atoms with van der Waals surface area (Å²) < 4.78 is 16.4. The van der Waals surface area contributed by atoms with Gasteiger partial charge in [-0.3, -0.25) is 14.9 Å². The smallest absolute Gasteiger partial charge is 0.274 e. The quantitative estimate of drug-likeness (QED) is 0.438. The van der Waals surface area contributed by atoms with Crippen molar-refractivity contribution in [3.63, 3.8) is 0 Å². The van der Waals surface area contributed by atoms with Gasteiger partial charge in [0, 0.05) is 67.3 Å². The molecule has 0 aliphatic carbocycles. The van der Waals surface area contributed by atoms with E-state index in [0.717, 1.165) is 35.4 Å². The fraction of sp³-hybridized carbons (Fsp3) is 0.440. The predicted octanol–water partition coefficient (Wildman–Crippen LogP) is 3.85. The number of fused-ring (bicyclic) bond motifs is 1. The van der Waals surface area contributed by atoms with Crippen molar-refractivity contribution in [3.8, 4) is 0 Å². The molecule has 2 unspecified atom stereocenters. The monoisotopic (exact) mass is 453 g/mol. The maximum atomic E-state index is 14.3. The molecule has 0 spiro atoms. The molecule has 0 bridgehead atoms. The van der Waals surface area contributed by atoms with Crippen LogP contribution in [-0.2, 0) is 6.54 Å². The number of hydroxylamine groups is 1. The Morgan fingerprint density at radius 2 is 1.82 bits per heavy atom. The number of alkyl halides is 1. The molecule has 1 aliphatic heterocycles. The summed E-state index contributed by atoms with van der Waals surface area (Å²) in [6.07, 6.45) is 3.87. The zero-order chi connectivity index (χ0) is 23.8. The summed E-state index contributed by atoms with van der Waals surface area (Å²) in [4.78, 5) is 20.8. The molecule has 33 heavy (non-hydrogen) atoms. The molecule has 0 saturated carbocycles. The third kappa shape index (κ3) is 5.02. The highest BCUT2D eigenvalue weighted by molar-refractivity contribution is 5.93. The summed E-state index contributed by atoms with van der Waals surface area (Å²) in [5, 5.41) is 9.87. The van der Waals surface area contributed by atoms with Gasteiger partial charge in [0.1, 0.15) is 11.3 Å². The van der Waals surface area contributed by atoms with Gasteiger partial charge in [0.2, 0.25) is 0 Å². The molecular weight excluding hydrogens is 421 g/mol. The number of hydrogen-bond donors (Lipinski definition) is 2. The summed E-state index contributed by atoms with van der Waals surface area (Å²) in [7, 11) is 0. The molecule has 1 amide bonds. The summed E-state index contributed by atoms with van der Waals surface area (Å²) in [5.41, 5.74) is 3.90. The number of rotatable bonds is 6. The second kappa shape index (κ2) is 9.11. The summed E-state index contributed by atoms with van der Waals surface area (Å²) in [5.74, 6) is -0.530. The topological polar surface area (TPSA) is 73.6 Å². The van der Waals surface area contributed by atoms with E-state index < -0.39 is 11.6 Å². The zero-order valence-corrected chi connectivity index (χ0v) is 19.6. The van der Waals surface area contributed by atoms with Crippen LogP contribution >= 0.6 is 0 Å². The second-order valence-electron chi connectivity index (χ2n) is 9.64. The fourth-order valence-electron chi connectivity index (χ4n) is 4.80. The third-order valence-corrected chi connectivity index (χ3v) is 6.31. The molecule has 8 heteroatoms. The minimum absolute atomic E-state index is 0.240. The Bertz CT molecular complexity index is 1110. The predicted molar refractivity (Wildman–Crippen MR) is 128 cm³/mol. The minimum atomic E-state index is -1.22.